The number of thiophene rings is 1. The SMILES string of the molecule is Cc1ncc(-c2cc3c(-c4nc5c(-c6ccc(F)s6)ccnc5[nH]4)n[nH]c3cn2)n1C. The molecular weight excluding hydrogens is 415 g/mol. The molecule has 0 aliphatic carbocycles. The van der Waals surface area contributed by atoms with E-state index in [0.717, 1.165) is 49.9 Å². The highest BCUT2D eigenvalue weighted by Gasteiger charge is 2.18. The Morgan fingerprint density at radius 2 is 2.00 bits per heavy atom. The standard InChI is InChI=1S/C21H15FN8S/c1-10-24-9-15(30(10)2)13-7-12-14(8-25-13)28-29-19(12)21-26-18-11(5-6-23-20(18)27-21)16-3-4-17(22)31-16/h3-9H,1-2H3,(H,28,29)(H,23,26,27). The molecule has 10 heteroatoms. The van der Waals surface area contributed by atoms with Gasteiger partial charge in [-0.3, -0.25) is 10.1 Å². The van der Waals surface area contributed by atoms with Gasteiger partial charge in [0.05, 0.1) is 29.3 Å². The number of hydrogen-bond donors (Lipinski definition) is 2. The maximum Gasteiger partial charge on any atom is 0.176 e. The lowest BCUT2D eigenvalue weighted by Crippen LogP contribution is -1.95. The van der Waals surface area contributed by atoms with E-state index in [0.29, 0.717) is 22.7 Å². The van der Waals surface area contributed by atoms with Gasteiger partial charge in [-0.15, -0.1) is 11.3 Å². The van der Waals surface area contributed by atoms with E-state index in [2.05, 4.69) is 30.1 Å². The normalized spacial score (nSPS) is 11.7. The van der Waals surface area contributed by atoms with E-state index in [9.17, 15) is 4.39 Å². The molecule has 0 aliphatic heterocycles. The molecule has 0 radical (unpaired) electrons. The second-order valence-electron chi connectivity index (χ2n) is 7.18. The molecule has 0 spiro atoms. The topological polar surface area (TPSA) is 101 Å². The van der Waals surface area contributed by atoms with E-state index >= 15 is 0 Å². The van der Waals surface area contributed by atoms with Gasteiger partial charge < -0.3 is 9.55 Å². The van der Waals surface area contributed by atoms with Crippen molar-refractivity contribution in [2.45, 2.75) is 6.92 Å². The maximum atomic E-state index is 13.6. The van der Waals surface area contributed by atoms with Crippen molar-refractivity contribution in [1.82, 2.24) is 39.7 Å². The van der Waals surface area contributed by atoms with Crippen molar-refractivity contribution in [3.8, 4) is 33.3 Å². The smallest absolute Gasteiger partial charge is 0.176 e. The molecular formula is C21H15FN8S. The predicted molar refractivity (Wildman–Crippen MR) is 117 cm³/mol. The summed E-state index contributed by atoms with van der Waals surface area (Å²) < 4.78 is 15.6. The van der Waals surface area contributed by atoms with Crippen LogP contribution in [0.2, 0.25) is 0 Å². The van der Waals surface area contributed by atoms with Crippen molar-refractivity contribution in [3.63, 3.8) is 0 Å². The average Bonchev–Trinajstić information content (AvgIpc) is 3.54. The Hall–Kier alpha value is -3.92. The van der Waals surface area contributed by atoms with E-state index in [1.165, 1.54) is 6.07 Å². The molecule has 0 amide bonds. The van der Waals surface area contributed by atoms with Crippen molar-refractivity contribution in [3.05, 3.63) is 53.8 Å². The van der Waals surface area contributed by atoms with E-state index in [4.69, 9.17) is 4.98 Å². The quantitative estimate of drug-likeness (QED) is 0.431. The molecule has 6 rings (SSSR count). The first-order chi connectivity index (χ1) is 15.1. The molecule has 6 aromatic rings. The molecule has 31 heavy (non-hydrogen) atoms. The molecule has 6 heterocycles. The van der Waals surface area contributed by atoms with Crippen LogP contribution >= 0.6 is 11.3 Å². The van der Waals surface area contributed by atoms with Crippen LogP contribution in [0.15, 0.2) is 42.9 Å². The van der Waals surface area contributed by atoms with Crippen LogP contribution in [-0.2, 0) is 7.05 Å². The molecule has 0 saturated carbocycles. The summed E-state index contributed by atoms with van der Waals surface area (Å²) in [5.74, 6) is 1.49. The van der Waals surface area contributed by atoms with Gasteiger partial charge in [-0.2, -0.15) is 9.49 Å². The minimum atomic E-state index is -0.237. The Morgan fingerprint density at radius 3 is 2.77 bits per heavy atom. The number of nitrogens with zero attached hydrogens (tertiary/aromatic N) is 6. The largest absolute Gasteiger partial charge is 0.330 e. The molecule has 0 bridgehead atoms. The third-order valence-electron chi connectivity index (χ3n) is 5.38. The summed E-state index contributed by atoms with van der Waals surface area (Å²) in [7, 11) is 1.96. The van der Waals surface area contributed by atoms with Crippen LogP contribution < -0.4 is 0 Å². The number of imidazole rings is 2. The third kappa shape index (κ3) is 2.76. The minimum Gasteiger partial charge on any atom is -0.330 e. The van der Waals surface area contributed by atoms with Crippen LogP contribution in [0.4, 0.5) is 4.39 Å². The Balaban J connectivity index is 1.52. The second kappa shape index (κ2) is 6.54. The summed E-state index contributed by atoms with van der Waals surface area (Å²) >= 11 is 1.08. The van der Waals surface area contributed by atoms with Gasteiger partial charge in [0.15, 0.2) is 16.6 Å². The first-order valence-corrected chi connectivity index (χ1v) is 10.3. The Bertz CT molecular complexity index is 1590. The summed E-state index contributed by atoms with van der Waals surface area (Å²) in [5, 5.41) is 8.12. The Kier molecular flexibility index (Phi) is 3.78. The second-order valence-corrected chi connectivity index (χ2v) is 8.22. The molecule has 6 aromatic heterocycles. The Morgan fingerprint density at radius 1 is 1.10 bits per heavy atom. The molecule has 0 atom stereocenters. The molecule has 0 fully saturated rings. The summed E-state index contributed by atoms with van der Waals surface area (Å²) in [5.41, 5.74) is 5.29. The molecule has 8 nitrogen and oxygen atoms in total. The number of aromatic nitrogens is 8. The summed E-state index contributed by atoms with van der Waals surface area (Å²) in [6.45, 7) is 1.95. The zero-order valence-electron chi connectivity index (χ0n) is 16.5. The molecule has 152 valence electrons. The fourth-order valence-corrected chi connectivity index (χ4v) is 4.41. The zero-order valence-corrected chi connectivity index (χ0v) is 17.3. The van der Waals surface area contributed by atoms with Crippen LogP contribution in [0, 0.1) is 12.1 Å². The number of halogens is 1. The Labute approximate surface area is 178 Å². The van der Waals surface area contributed by atoms with Gasteiger partial charge in [-0.1, -0.05) is 0 Å². The summed E-state index contributed by atoms with van der Waals surface area (Å²) in [6, 6.07) is 7.02. The number of pyridine rings is 2. The number of hydrogen-bond acceptors (Lipinski definition) is 6. The van der Waals surface area contributed by atoms with Crippen LogP contribution in [0.5, 0.6) is 0 Å². The molecule has 0 saturated heterocycles. The predicted octanol–water partition coefficient (Wildman–Crippen LogP) is 4.47. The fraction of sp³-hybridized carbons (Fsp3) is 0.0952. The number of aromatic amines is 2. The molecule has 0 aliphatic rings. The molecule has 0 aromatic carbocycles. The van der Waals surface area contributed by atoms with Crippen LogP contribution in [0.25, 0.3) is 55.4 Å². The van der Waals surface area contributed by atoms with Gasteiger partial charge in [0.1, 0.15) is 17.0 Å². The third-order valence-corrected chi connectivity index (χ3v) is 6.28. The van der Waals surface area contributed by atoms with Gasteiger partial charge in [-0.05, 0) is 31.2 Å². The highest BCUT2D eigenvalue weighted by atomic mass is 32.1. The van der Waals surface area contributed by atoms with Gasteiger partial charge in [-0.25, -0.2) is 15.0 Å². The fourth-order valence-electron chi connectivity index (χ4n) is 3.66. The summed E-state index contributed by atoms with van der Waals surface area (Å²) in [4.78, 5) is 22.1. The number of rotatable bonds is 3. The number of H-pyrrole nitrogens is 2. The highest BCUT2D eigenvalue weighted by Crippen LogP contribution is 2.34. The van der Waals surface area contributed by atoms with Gasteiger partial charge >= 0.3 is 0 Å². The summed E-state index contributed by atoms with van der Waals surface area (Å²) in [6.07, 6.45) is 5.25. The average molecular weight is 430 g/mol. The number of nitrogens with one attached hydrogen (secondary N) is 2. The first-order valence-electron chi connectivity index (χ1n) is 9.52. The van der Waals surface area contributed by atoms with Crippen LogP contribution in [0.3, 0.4) is 0 Å². The van der Waals surface area contributed by atoms with Gasteiger partial charge in [0.2, 0.25) is 0 Å². The first kappa shape index (κ1) is 17.9. The van der Waals surface area contributed by atoms with Crippen molar-refractivity contribution in [2.24, 2.45) is 7.05 Å². The van der Waals surface area contributed by atoms with Crippen molar-refractivity contribution >= 4 is 33.4 Å². The van der Waals surface area contributed by atoms with E-state index in [-0.39, 0.29) is 5.13 Å². The molecule has 0 unspecified atom stereocenters. The lowest BCUT2D eigenvalue weighted by molar-refractivity contribution is 0.657. The lowest BCUT2D eigenvalue weighted by atomic mass is 10.2. The molecule has 2 N–H and O–H groups in total. The van der Waals surface area contributed by atoms with Crippen molar-refractivity contribution in [2.75, 3.05) is 0 Å². The highest BCUT2D eigenvalue weighted by molar-refractivity contribution is 7.14. The van der Waals surface area contributed by atoms with Gasteiger partial charge in [0, 0.05) is 29.1 Å². The van der Waals surface area contributed by atoms with E-state index < -0.39 is 0 Å². The minimum absolute atomic E-state index is 0.237. The van der Waals surface area contributed by atoms with Gasteiger partial charge in [0.25, 0.3) is 0 Å². The lowest BCUT2D eigenvalue weighted by Gasteiger charge is -2.03. The maximum absolute atomic E-state index is 13.6. The zero-order chi connectivity index (χ0) is 21.1. The van der Waals surface area contributed by atoms with Crippen molar-refractivity contribution in [1.29, 1.82) is 0 Å². The van der Waals surface area contributed by atoms with E-state index in [1.54, 1.807) is 24.7 Å². The van der Waals surface area contributed by atoms with Crippen LogP contribution in [0.1, 0.15) is 5.82 Å². The number of aryl methyl sites for hydroxylation is 1. The van der Waals surface area contributed by atoms with Crippen LogP contribution in [-0.4, -0.2) is 39.7 Å². The number of fused-ring (bicyclic) bond motifs is 2. The monoisotopic (exact) mass is 430 g/mol. The van der Waals surface area contributed by atoms with Crippen molar-refractivity contribution < 1.29 is 4.39 Å². The van der Waals surface area contributed by atoms with E-state index in [1.807, 2.05) is 30.7 Å².